The van der Waals surface area contributed by atoms with Crippen molar-refractivity contribution in [3.8, 4) is 0 Å². The maximum Gasteiger partial charge on any atom is 0.270 e. The van der Waals surface area contributed by atoms with Crippen LogP contribution >= 0.6 is 22.9 Å². The second-order valence-electron chi connectivity index (χ2n) is 7.36. The number of ether oxygens (including phenoxy) is 1. The number of rotatable bonds is 4. The lowest BCUT2D eigenvalue weighted by molar-refractivity contribution is 0.0731. The number of H-pyrrole nitrogens is 1. The first-order chi connectivity index (χ1) is 13.7. The van der Waals surface area contributed by atoms with Gasteiger partial charge in [-0.3, -0.25) is 4.79 Å². The number of benzene rings is 1. The topological polar surface area (TPSA) is 70.2 Å². The fourth-order valence-electron chi connectivity index (χ4n) is 3.82. The zero-order valence-corrected chi connectivity index (χ0v) is 16.9. The molecule has 5 rings (SSSR count). The quantitative estimate of drug-likeness (QED) is 0.676. The number of fused-ring (bicyclic) bond motifs is 2. The lowest BCUT2D eigenvalue weighted by Gasteiger charge is -2.25. The van der Waals surface area contributed by atoms with Gasteiger partial charge in [-0.2, -0.15) is 0 Å². The van der Waals surface area contributed by atoms with Crippen molar-refractivity contribution in [1.82, 2.24) is 14.9 Å². The summed E-state index contributed by atoms with van der Waals surface area (Å²) in [7, 11) is 0. The molecule has 1 unspecified atom stereocenters. The molecule has 146 valence electrons. The lowest BCUT2D eigenvalue weighted by atomic mass is 10.1. The van der Waals surface area contributed by atoms with Crippen LogP contribution in [0.1, 0.15) is 27.5 Å². The van der Waals surface area contributed by atoms with Gasteiger partial charge in [-0.1, -0.05) is 29.0 Å². The van der Waals surface area contributed by atoms with Crippen molar-refractivity contribution in [2.24, 2.45) is 5.92 Å². The third-order valence-electron chi connectivity index (χ3n) is 5.43. The van der Waals surface area contributed by atoms with Crippen LogP contribution in [0, 0.1) is 5.92 Å². The summed E-state index contributed by atoms with van der Waals surface area (Å²) in [4.78, 5) is 24.0. The molecule has 1 aromatic carbocycles. The Kier molecular flexibility index (Phi) is 4.74. The van der Waals surface area contributed by atoms with E-state index in [0.29, 0.717) is 29.7 Å². The highest BCUT2D eigenvalue weighted by Crippen LogP contribution is 2.30. The van der Waals surface area contributed by atoms with Crippen LogP contribution < -0.4 is 5.32 Å². The Bertz CT molecular complexity index is 1020. The van der Waals surface area contributed by atoms with Crippen LogP contribution in [0.25, 0.3) is 10.9 Å². The Hall–Kier alpha value is -2.09. The summed E-state index contributed by atoms with van der Waals surface area (Å²) >= 11 is 7.90. The van der Waals surface area contributed by atoms with Gasteiger partial charge in [-0.25, -0.2) is 4.98 Å². The van der Waals surface area contributed by atoms with Crippen molar-refractivity contribution >= 4 is 44.9 Å². The van der Waals surface area contributed by atoms with Crippen LogP contribution in [0.3, 0.4) is 0 Å². The molecular weight excluding hydrogens is 396 g/mol. The predicted molar refractivity (Wildman–Crippen MR) is 111 cm³/mol. The number of carbonyl (C=O) groups excluding carboxylic acids is 1. The molecule has 2 N–H and O–H groups in total. The number of hydrogen-bond acceptors (Lipinski definition) is 5. The Morgan fingerprint density at radius 3 is 3.21 bits per heavy atom. The predicted octanol–water partition coefficient (Wildman–Crippen LogP) is 3.92. The van der Waals surface area contributed by atoms with Gasteiger partial charge in [0, 0.05) is 52.8 Å². The molecule has 1 saturated heterocycles. The molecule has 1 atom stereocenters. The Morgan fingerprint density at radius 1 is 1.46 bits per heavy atom. The van der Waals surface area contributed by atoms with Gasteiger partial charge in [-0.15, -0.1) is 0 Å². The number of amides is 1. The van der Waals surface area contributed by atoms with Gasteiger partial charge < -0.3 is 19.9 Å². The van der Waals surface area contributed by atoms with Crippen molar-refractivity contribution in [2.75, 3.05) is 31.6 Å². The molecular formula is C20H21ClN4O2S. The molecule has 1 fully saturated rings. The molecule has 2 aliphatic rings. The summed E-state index contributed by atoms with van der Waals surface area (Å²) in [6.45, 7) is 3.86. The van der Waals surface area contributed by atoms with E-state index in [0.717, 1.165) is 54.3 Å². The van der Waals surface area contributed by atoms with Crippen LogP contribution in [-0.4, -0.2) is 47.1 Å². The first-order valence-electron chi connectivity index (χ1n) is 9.54. The minimum atomic E-state index is 0.00364. The average molecular weight is 417 g/mol. The minimum Gasteiger partial charge on any atom is -0.381 e. The third-order valence-corrected chi connectivity index (χ3v) is 6.80. The zero-order chi connectivity index (χ0) is 19.1. The maximum absolute atomic E-state index is 13.0. The second kappa shape index (κ2) is 7.39. The Labute approximate surface area is 171 Å². The maximum atomic E-state index is 13.0. The van der Waals surface area contributed by atoms with Crippen LogP contribution in [0.4, 0.5) is 5.13 Å². The van der Waals surface area contributed by atoms with E-state index in [2.05, 4.69) is 10.3 Å². The first kappa shape index (κ1) is 18.0. The summed E-state index contributed by atoms with van der Waals surface area (Å²) in [5.74, 6) is 0.566. The fraction of sp³-hybridized carbons (Fsp3) is 0.400. The SMILES string of the molecule is O=C(c1cc2c(Cl)cccc2[nH]1)N1CCc2nc(NCC3CCOC3)sc2C1. The molecule has 6 nitrogen and oxygen atoms in total. The molecule has 8 heteroatoms. The molecule has 2 aromatic heterocycles. The molecule has 0 saturated carbocycles. The standard InChI is InChI=1S/C20H21ClN4O2S/c21-14-2-1-3-15-13(14)8-17(23-15)19(26)25-6-4-16-18(10-25)28-20(24-16)22-9-12-5-7-27-11-12/h1-3,8,12,23H,4-7,9-11H2,(H,22,24). The van der Waals surface area contributed by atoms with Crippen molar-refractivity contribution in [3.05, 3.63) is 45.6 Å². The number of thiazole rings is 1. The second-order valence-corrected chi connectivity index (χ2v) is 8.85. The molecule has 1 amide bonds. The molecule has 0 aliphatic carbocycles. The number of nitrogens with one attached hydrogen (secondary N) is 2. The highest BCUT2D eigenvalue weighted by molar-refractivity contribution is 7.15. The molecule has 28 heavy (non-hydrogen) atoms. The summed E-state index contributed by atoms with van der Waals surface area (Å²) in [6.07, 6.45) is 1.89. The normalized spacial score (nSPS) is 19.2. The summed E-state index contributed by atoms with van der Waals surface area (Å²) in [6, 6.07) is 7.50. The monoisotopic (exact) mass is 416 g/mol. The fourth-order valence-corrected chi connectivity index (χ4v) is 5.08. The molecule has 2 aliphatic heterocycles. The molecule has 0 bridgehead atoms. The van der Waals surface area contributed by atoms with Crippen molar-refractivity contribution in [1.29, 1.82) is 0 Å². The van der Waals surface area contributed by atoms with Crippen molar-refractivity contribution in [3.63, 3.8) is 0 Å². The third kappa shape index (κ3) is 3.38. The van der Waals surface area contributed by atoms with Gasteiger partial charge in [0.1, 0.15) is 5.69 Å². The molecule has 3 aromatic rings. The lowest BCUT2D eigenvalue weighted by Crippen LogP contribution is -2.35. The van der Waals surface area contributed by atoms with E-state index >= 15 is 0 Å². The van der Waals surface area contributed by atoms with E-state index in [1.165, 1.54) is 4.88 Å². The van der Waals surface area contributed by atoms with Crippen molar-refractivity contribution < 1.29 is 9.53 Å². The Balaban J connectivity index is 1.29. The summed E-state index contributed by atoms with van der Waals surface area (Å²) in [5.41, 5.74) is 2.57. The van der Waals surface area contributed by atoms with Gasteiger partial charge in [0.25, 0.3) is 5.91 Å². The van der Waals surface area contributed by atoms with E-state index < -0.39 is 0 Å². The van der Waals surface area contributed by atoms with E-state index in [1.807, 2.05) is 29.2 Å². The largest absolute Gasteiger partial charge is 0.381 e. The number of halogens is 1. The van der Waals surface area contributed by atoms with E-state index in [9.17, 15) is 4.79 Å². The van der Waals surface area contributed by atoms with Crippen LogP contribution in [0.2, 0.25) is 5.02 Å². The number of hydrogen-bond donors (Lipinski definition) is 2. The van der Waals surface area contributed by atoms with E-state index in [1.54, 1.807) is 11.3 Å². The average Bonchev–Trinajstić information content (AvgIpc) is 3.43. The highest BCUT2D eigenvalue weighted by Gasteiger charge is 2.26. The van der Waals surface area contributed by atoms with Crippen LogP contribution in [0.15, 0.2) is 24.3 Å². The molecule has 4 heterocycles. The van der Waals surface area contributed by atoms with E-state index in [4.69, 9.17) is 21.3 Å². The summed E-state index contributed by atoms with van der Waals surface area (Å²) in [5, 5.41) is 5.93. The molecule has 0 spiro atoms. The van der Waals surface area contributed by atoms with Crippen molar-refractivity contribution in [2.45, 2.75) is 19.4 Å². The van der Waals surface area contributed by atoms with Gasteiger partial charge in [0.05, 0.1) is 18.8 Å². The minimum absolute atomic E-state index is 0.00364. The first-order valence-corrected chi connectivity index (χ1v) is 10.7. The highest BCUT2D eigenvalue weighted by atomic mass is 35.5. The number of anilines is 1. The number of carbonyl (C=O) groups is 1. The number of nitrogens with zero attached hydrogens (tertiary/aromatic N) is 2. The zero-order valence-electron chi connectivity index (χ0n) is 15.3. The van der Waals surface area contributed by atoms with Gasteiger partial charge in [0.2, 0.25) is 0 Å². The van der Waals surface area contributed by atoms with Gasteiger partial charge in [-0.05, 0) is 24.6 Å². The number of aromatic amines is 1. The van der Waals surface area contributed by atoms with Gasteiger partial charge >= 0.3 is 0 Å². The van der Waals surface area contributed by atoms with E-state index in [-0.39, 0.29) is 5.91 Å². The Morgan fingerprint density at radius 2 is 2.39 bits per heavy atom. The molecule has 0 radical (unpaired) electrons. The van der Waals surface area contributed by atoms with Crippen LogP contribution in [-0.2, 0) is 17.7 Å². The van der Waals surface area contributed by atoms with Gasteiger partial charge in [0.15, 0.2) is 5.13 Å². The summed E-state index contributed by atoms with van der Waals surface area (Å²) < 4.78 is 5.43. The smallest absolute Gasteiger partial charge is 0.270 e. The number of aromatic nitrogens is 2. The van der Waals surface area contributed by atoms with Crippen LogP contribution in [0.5, 0.6) is 0 Å².